The first-order chi connectivity index (χ1) is 7.90. The third kappa shape index (κ3) is 3.30. The molecule has 0 bridgehead atoms. The molecule has 0 fully saturated rings. The number of ether oxygens (including phenoxy) is 1. The second-order valence-corrected chi connectivity index (χ2v) is 5.61. The second-order valence-electron chi connectivity index (χ2n) is 4.39. The summed E-state index contributed by atoms with van der Waals surface area (Å²) in [5.74, 6) is 0. The molecule has 1 aliphatic carbocycles. The maximum Gasteiger partial charge on any atom is 0.0462 e. The maximum atomic E-state index is 5.02. The summed E-state index contributed by atoms with van der Waals surface area (Å²) in [5.41, 5.74) is 1.61. The molecule has 2 rings (SSSR count). The molecule has 1 heterocycles. The van der Waals surface area contributed by atoms with E-state index in [2.05, 4.69) is 11.4 Å². The maximum absolute atomic E-state index is 5.02. The fourth-order valence-electron chi connectivity index (χ4n) is 2.19. The number of hydrogen-bond acceptors (Lipinski definition) is 3. The molecule has 0 aromatic carbocycles. The Balaban J connectivity index is 1.62. The van der Waals surface area contributed by atoms with Crippen molar-refractivity contribution in [3.63, 3.8) is 0 Å². The van der Waals surface area contributed by atoms with Crippen LogP contribution in [-0.4, -0.2) is 20.3 Å². The molecule has 16 heavy (non-hydrogen) atoms. The SMILES string of the molecule is COCCCCNCc1cc2c(s1)CCC2. The quantitative estimate of drug-likeness (QED) is 0.739. The van der Waals surface area contributed by atoms with Gasteiger partial charge in [-0.25, -0.2) is 0 Å². The van der Waals surface area contributed by atoms with Crippen LogP contribution in [-0.2, 0) is 24.1 Å². The molecule has 0 amide bonds. The minimum atomic E-state index is 0.884. The van der Waals surface area contributed by atoms with E-state index in [-0.39, 0.29) is 0 Å². The van der Waals surface area contributed by atoms with Crippen LogP contribution in [0.2, 0.25) is 0 Å². The zero-order valence-electron chi connectivity index (χ0n) is 10.1. The van der Waals surface area contributed by atoms with E-state index in [1.54, 1.807) is 17.6 Å². The van der Waals surface area contributed by atoms with Crippen LogP contribution in [0.5, 0.6) is 0 Å². The minimum absolute atomic E-state index is 0.884. The van der Waals surface area contributed by atoms with E-state index >= 15 is 0 Å². The standard InChI is InChI=1S/C13H21NOS/c1-15-8-3-2-7-14-10-12-9-11-5-4-6-13(11)16-12/h9,14H,2-8,10H2,1H3. The lowest BCUT2D eigenvalue weighted by atomic mass is 10.2. The predicted molar refractivity (Wildman–Crippen MR) is 69.2 cm³/mol. The first-order valence-electron chi connectivity index (χ1n) is 6.20. The molecule has 2 nitrogen and oxygen atoms in total. The molecule has 0 saturated carbocycles. The first kappa shape index (κ1) is 12.1. The van der Waals surface area contributed by atoms with Crippen molar-refractivity contribution in [3.05, 3.63) is 21.4 Å². The van der Waals surface area contributed by atoms with Crippen LogP contribution in [0.3, 0.4) is 0 Å². The van der Waals surface area contributed by atoms with Gasteiger partial charge in [-0.3, -0.25) is 0 Å². The molecule has 1 N–H and O–H groups in total. The second kappa shape index (κ2) is 6.38. The van der Waals surface area contributed by atoms with Gasteiger partial charge >= 0.3 is 0 Å². The topological polar surface area (TPSA) is 21.3 Å². The number of thiophene rings is 1. The van der Waals surface area contributed by atoms with Crippen molar-refractivity contribution in [2.45, 2.75) is 38.6 Å². The van der Waals surface area contributed by atoms with Gasteiger partial charge in [0.25, 0.3) is 0 Å². The summed E-state index contributed by atoms with van der Waals surface area (Å²) in [6, 6.07) is 2.40. The average Bonchev–Trinajstić information content (AvgIpc) is 2.83. The molecule has 3 heteroatoms. The number of methoxy groups -OCH3 is 1. The van der Waals surface area contributed by atoms with Gasteiger partial charge in [0.15, 0.2) is 0 Å². The van der Waals surface area contributed by atoms with Crippen LogP contribution in [0.4, 0.5) is 0 Å². The van der Waals surface area contributed by atoms with Crippen LogP contribution in [0.15, 0.2) is 6.07 Å². The highest BCUT2D eigenvalue weighted by atomic mass is 32.1. The zero-order chi connectivity index (χ0) is 11.2. The van der Waals surface area contributed by atoms with Crippen molar-refractivity contribution in [3.8, 4) is 0 Å². The highest BCUT2D eigenvalue weighted by molar-refractivity contribution is 7.12. The summed E-state index contributed by atoms with van der Waals surface area (Å²) < 4.78 is 5.02. The summed E-state index contributed by atoms with van der Waals surface area (Å²) >= 11 is 2.00. The largest absolute Gasteiger partial charge is 0.385 e. The van der Waals surface area contributed by atoms with Crippen molar-refractivity contribution < 1.29 is 4.74 Å². The van der Waals surface area contributed by atoms with Crippen LogP contribution in [0, 0.1) is 0 Å². The number of nitrogens with one attached hydrogen (secondary N) is 1. The van der Waals surface area contributed by atoms with E-state index in [1.807, 2.05) is 11.3 Å². The molecule has 0 spiro atoms. The van der Waals surface area contributed by atoms with Gasteiger partial charge < -0.3 is 10.1 Å². The Hall–Kier alpha value is -0.380. The average molecular weight is 239 g/mol. The Labute approximate surface area is 102 Å². The van der Waals surface area contributed by atoms with Crippen LogP contribution in [0.25, 0.3) is 0 Å². The van der Waals surface area contributed by atoms with Gasteiger partial charge in [-0.05, 0) is 50.3 Å². The molecule has 0 atom stereocenters. The molecule has 90 valence electrons. The molecule has 0 radical (unpaired) electrons. The van der Waals surface area contributed by atoms with E-state index in [4.69, 9.17) is 4.74 Å². The number of hydrogen-bond donors (Lipinski definition) is 1. The molecule has 1 aliphatic rings. The first-order valence-corrected chi connectivity index (χ1v) is 7.02. The molecule has 0 saturated heterocycles. The molecule has 1 aromatic heterocycles. The Morgan fingerprint density at radius 3 is 3.12 bits per heavy atom. The van der Waals surface area contributed by atoms with Crippen LogP contribution < -0.4 is 5.32 Å². The summed E-state index contributed by atoms with van der Waals surface area (Å²) in [4.78, 5) is 3.15. The lowest BCUT2D eigenvalue weighted by Gasteiger charge is -2.02. The van der Waals surface area contributed by atoms with Gasteiger partial charge in [0, 0.05) is 30.0 Å². The van der Waals surface area contributed by atoms with Gasteiger partial charge in [0.1, 0.15) is 0 Å². The Morgan fingerprint density at radius 2 is 2.31 bits per heavy atom. The number of unbranched alkanes of at least 4 members (excludes halogenated alkanes) is 1. The van der Waals surface area contributed by atoms with Crippen molar-refractivity contribution in [2.75, 3.05) is 20.3 Å². The van der Waals surface area contributed by atoms with Crippen molar-refractivity contribution in [1.82, 2.24) is 5.32 Å². The third-order valence-corrected chi connectivity index (χ3v) is 4.29. The fraction of sp³-hybridized carbons (Fsp3) is 0.692. The smallest absolute Gasteiger partial charge is 0.0462 e. The van der Waals surface area contributed by atoms with E-state index in [1.165, 1.54) is 30.6 Å². The normalized spacial score (nSPS) is 14.3. The third-order valence-electron chi connectivity index (χ3n) is 3.05. The van der Waals surface area contributed by atoms with Crippen molar-refractivity contribution >= 4 is 11.3 Å². The number of fused-ring (bicyclic) bond motifs is 1. The monoisotopic (exact) mass is 239 g/mol. The van der Waals surface area contributed by atoms with E-state index in [0.29, 0.717) is 0 Å². The van der Waals surface area contributed by atoms with E-state index in [0.717, 1.165) is 26.1 Å². The van der Waals surface area contributed by atoms with Crippen LogP contribution in [0.1, 0.15) is 34.6 Å². The molecular weight excluding hydrogens is 218 g/mol. The lowest BCUT2D eigenvalue weighted by Crippen LogP contribution is -2.14. The van der Waals surface area contributed by atoms with E-state index < -0.39 is 0 Å². The molecule has 1 aromatic rings. The lowest BCUT2D eigenvalue weighted by molar-refractivity contribution is 0.192. The van der Waals surface area contributed by atoms with Gasteiger partial charge in [0.05, 0.1) is 0 Å². The number of aryl methyl sites for hydroxylation is 2. The highest BCUT2D eigenvalue weighted by Gasteiger charge is 2.14. The fourth-order valence-corrected chi connectivity index (χ4v) is 3.42. The van der Waals surface area contributed by atoms with Crippen molar-refractivity contribution in [1.29, 1.82) is 0 Å². The molecule has 0 aliphatic heterocycles. The summed E-state index contributed by atoms with van der Waals surface area (Å²) in [5, 5.41) is 3.50. The van der Waals surface area contributed by atoms with Crippen molar-refractivity contribution in [2.24, 2.45) is 0 Å². The molecular formula is C13H21NOS. The zero-order valence-corrected chi connectivity index (χ0v) is 10.9. The van der Waals surface area contributed by atoms with Gasteiger partial charge in [-0.1, -0.05) is 0 Å². The Kier molecular flexibility index (Phi) is 4.82. The Morgan fingerprint density at radius 1 is 1.38 bits per heavy atom. The van der Waals surface area contributed by atoms with Crippen LogP contribution >= 0.6 is 11.3 Å². The predicted octanol–water partition coefficient (Wildman–Crippen LogP) is 2.75. The van der Waals surface area contributed by atoms with Gasteiger partial charge in [-0.15, -0.1) is 11.3 Å². The van der Waals surface area contributed by atoms with E-state index in [9.17, 15) is 0 Å². The highest BCUT2D eigenvalue weighted by Crippen LogP contribution is 2.30. The minimum Gasteiger partial charge on any atom is -0.385 e. The summed E-state index contributed by atoms with van der Waals surface area (Å²) in [7, 11) is 1.76. The molecule has 0 unspecified atom stereocenters. The summed E-state index contributed by atoms with van der Waals surface area (Å²) in [6.45, 7) is 3.03. The number of rotatable bonds is 7. The van der Waals surface area contributed by atoms with Gasteiger partial charge in [0.2, 0.25) is 0 Å². The summed E-state index contributed by atoms with van der Waals surface area (Å²) in [6.07, 6.45) is 6.35. The Bertz CT molecular complexity index is 300. The van der Waals surface area contributed by atoms with Gasteiger partial charge in [-0.2, -0.15) is 0 Å².